The second kappa shape index (κ2) is 13.3. The molecule has 27 heavy (non-hydrogen) atoms. The Bertz CT molecular complexity index is 694. The van der Waals surface area contributed by atoms with Gasteiger partial charge in [0.05, 0.1) is 6.54 Å². The van der Waals surface area contributed by atoms with Gasteiger partial charge in [-0.25, -0.2) is 14.4 Å². The third kappa shape index (κ3) is 9.03. The summed E-state index contributed by atoms with van der Waals surface area (Å²) in [5.41, 5.74) is 1.52. The molecule has 2 aromatic rings. The first-order valence-electron chi connectivity index (χ1n) is 9.11. The highest BCUT2D eigenvalue weighted by atomic mass is 127. The van der Waals surface area contributed by atoms with Crippen molar-refractivity contribution in [3.05, 3.63) is 59.5 Å². The third-order valence-electron chi connectivity index (χ3n) is 3.87. The number of aromatic nitrogens is 1. The fourth-order valence-corrected chi connectivity index (χ4v) is 2.39. The number of nitrogens with one attached hydrogen (secondary N) is 3. The molecule has 0 bridgehead atoms. The Morgan fingerprint density at radius 3 is 2.63 bits per heavy atom. The average Bonchev–Trinajstić information content (AvgIpc) is 2.66. The van der Waals surface area contributed by atoms with Crippen LogP contribution in [0.4, 0.5) is 10.2 Å². The number of benzene rings is 1. The van der Waals surface area contributed by atoms with Crippen LogP contribution in [0.5, 0.6) is 0 Å². The van der Waals surface area contributed by atoms with Crippen LogP contribution >= 0.6 is 24.0 Å². The van der Waals surface area contributed by atoms with E-state index >= 15 is 0 Å². The summed E-state index contributed by atoms with van der Waals surface area (Å²) >= 11 is 0. The fourth-order valence-electron chi connectivity index (χ4n) is 2.39. The van der Waals surface area contributed by atoms with Crippen LogP contribution in [0.3, 0.4) is 0 Å². The van der Waals surface area contributed by atoms with Gasteiger partial charge in [0, 0.05) is 25.8 Å². The molecular formula is C20H29FIN5. The minimum Gasteiger partial charge on any atom is -0.370 e. The number of aryl methyl sites for hydroxylation is 1. The predicted octanol–water partition coefficient (Wildman–Crippen LogP) is 4.09. The predicted molar refractivity (Wildman–Crippen MR) is 121 cm³/mol. The van der Waals surface area contributed by atoms with Gasteiger partial charge in [-0.1, -0.05) is 18.2 Å². The molecule has 0 amide bonds. The van der Waals surface area contributed by atoms with Crippen molar-refractivity contribution in [3.63, 3.8) is 0 Å². The lowest BCUT2D eigenvalue weighted by molar-refractivity contribution is 0.616. The number of halogens is 2. The zero-order chi connectivity index (χ0) is 18.6. The molecule has 0 radical (unpaired) electrons. The van der Waals surface area contributed by atoms with Crippen molar-refractivity contribution in [2.24, 2.45) is 4.99 Å². The first-order chi connectivity index (χ1) is 12.7. The Balaban J connectivity index is 0.00000364. The van der Waals surface area contributed by atoms with Crippen molar-refractivity contribution < 1.29 is 4.39 Å². The topological polar surface area (TPSA) is 61.3 Å². The van der Waals surface area contributed by atoms with E-state index in [1.807, 2.05) is 31.2 Å². The van der Waals surface area contributed by atoms with E-state index in [4.69, 9.17) is 0 Å². The van der Waals surface area contributed by atoms with E-state index in [-0.39, 0.29) is 29.8 Å². The Morgan fingerprint density at radius 1 is 1.11 bits per heavy atom. The Hall–Kier alpha value is -1.90. The molecule has 1 aromatic carbocycles. The van der Waals surface area contributed by atoms with Crippen molar-refractivity contribution in [1.29, 1.82) is 0 Å². The zero-order valence-electron chi connectivity index (χ0n) is 16.0. The van der Waals surface area contributed by atoms with Crippen LogP contribution < -0.4 is 16.0 Å². The average molecular weight is 485 g/mol. The minimum absolute atomic E-state index is 0. The molecule has 1 heterocycles. The SMILES string of the molecule is CCNC(=NCc1ccc(C)c(F)c1)NCCCCNc1ccccn1.I. The number of pyridine rings is 1. The standard InChI is InChI=1S/C20H28FN5.HI/c1-3-22-20(26-15-17-10-9-16(2)18(21)14-17)25-13-7-6-12-24-19-8-4-5-11-23-19;/h4-5,8-11,14H,3,6-7,12-13,15H2,1-2H3,(H,23,24)(H2,22,25,26);1H. The van der Waals surface area contributed by atoms with Gasteiger partial charge in [-0.15, -0.1) is 24.0 Å². The van der Waals surface area contributed by atoms with E-state index in [1.165, 1.54) is 0 Å². The van der Waals surface area contributed by atoms with Crippen molar-refractivity contribution in [1.82, 2.24) is 15.6 Å². The molecule has 1 aromatic heterocycles. The van der Waals surface area contributed by atoms with E-state index in [0.717, 1.165) is 49.8 Å². The molecule has 0 aliphatic rings. The minimum atomic E-state index is -0.184. The van der Waals surface area contributed by atoms with Crippen molar-refractivity contribution in [2.45, 2.75) is 33.2 Å². The van der Waals surface area contributed by atoms with Crippen LogP contribution in [-0.2, 0) is 6.54 Å². The highest BCUT2D eigenvalue weighted by molar-refractivity contribution is 14.0. The molecule has 0 spiro atoms. The third-order valence-corrected chi connectivity index (χ3v) is 3.87. The number of anilines is 1. The molecular weight excluding hydrogens is 456 g/mol. The Kier molecular flexibility index (Phi) is 11.4. The Labute approximate surface area is 178 Å². The molecule has 0 aliphatic heterocycles. The van der Waals surface area contributed by atoms with Crippen LogP contribution in [0.2, 0.25) is 0 Å². The molecule has 0 unspecified atom stereocenters. The van der Waals surface area contributed by atoms with Crippen molar-refractivity contribution >= 4 is 35.8 Å². The molecule has 0 aliphatic carbocycles. The summed E-state index contributed by atoms with van der Waals surface area (Å²) in [6.07, 6.45) is 3.83. The van der Waals surface area contributed by atoms with Crippen molar-refractivity contribution in [2.75, 3.05) is 25.0 Å². The molecule has 148 valence electrons. The van der Waals surface area contributed by atoms with Crippen LogP contribution in [-0.4, -0.2) is 30.6 Å². The highest BCUT2D eigenvalue weighted by Crippen LogP contribution is 2.10. The lowest BCUT2D eigenvalue weighted by Crippen LogP contribution is -2.37. The summed E-state index contributed by atoms with van der Waals surface area (Å²) in [5, 5.41) is 9.83. The van der Waals surface area contributed by atoms with Gasteiger partial charge in [0.1, 0.15) is 11.6 Å². The maximum atomic E-state index is 13.6. The molecule has 0 atom stereocenters. The van der Waals surface area contributed by atoms with E-state index in [2.05, 4.69) is 25.9 Å². The summed E-state index contributed by atoms with van der Waals surface area (Å²) in [5.74, 6) is 1.47. The summed E-state index contributed by atoms with van der Waals surface area (Å²) in [6, 6.07) is 11.1. The van der Waals surface area contributed by atoms with E-state index < -0.39 is 0 Å². The van der Waals surface area contributed by atoms with Gasteiger partial charge in [0.2, 0.25) is 0 Å². The maximum Gasteiger partial charge on any atom is 0.191 e. The fraction of sp³-hybridized carbons (Fsp3) is 0.400. The van der Waals surface area contributed by atoms with Gasteiger partial charge >= 0.3 is 0 Å². The number of guanidine groups is 1. The summed E-state index contributed by atoms with van der Waals surface area (Å²) in [7, 11) is 0. The van der Waals surface area contributed by atoms with Crippen LogP contribution in [0.15, 0.2) is 47.6 Å². The van der Waals surface area contributed by atoms with Gasteiger partial charge in [-0.3, -0.25) is 0 Å². The summed E-state index contributed by atoms with van der Waals surface area (Å²) < 4.78 is 13.6. The number of unbranched alkanes of at least 4 members (excludes halogenated alkanes) is 1. The number of hydrogen-bond donors (Lipinski definition) is 3. The normalized spacial score (nSPS) is 10.9. The van der Waals surface area contributed by atoms with Crippen LogP contribution in [0, 0.1) is 12.7 Å². The highest BCUT2D eigenvalue weighted by Gasteiger charge is 2.01. The van der Waals surface area contributed by atoms with E-state index in [1.54, 1.807) is 25.3 Å². The second-order valence-electron chi connectivity index (χ2n) is 6.05. The number of aliphatic imine (C=N–C) groups is 1. The van der Waals surface area contributed by atoms with Gasteiger partial charge in [0.25, 0.3) is 0 Å². The number of hydrogen-bond acceptors (Lipinski definition) is 3. The van der Waals surface area contributed by atoms with Crippen LogP contribution in [0.25, 0.3) is 0 Å². The van der Waals surface area contributed by atoms with E-state index in [0.29, 0.717) is 12.1 Å². The molecule has 0 fully saturated rings. The summed E-state index contributed by atoms with van der Waals surface area (Å²) in [6.45, 7) is 6.74. The molecule has 0 saturated heterocycles. The quantitative estimate of drug-likeness (QED) is 0.217. The molecule has 0 saturated carbocycles. The lowest BCUT2D eigenvalue weighted by Gasteiger charge is -2.11. The molecule has 2 rings (SSSR count). The summed E-state index contributed by atoms with van der Waals surface area (Å²) in [4.78, 5) is 8.75. The first-order valence-corrected chi connectivity index (χ1v) is 9.11. The van der Waals surface area contributed by atoms with E-state index in [9.17, 15) is 4.39 Å². The van der Waals surface area contributed by atoms with Crippen molar-refractivity contribution in [3.8, 4) is 0 Å². The molecule has 3 N–H and O–H groups in total. The monoisotopic (exact) mass is 485 g/mol. The number of nitrogens with zero attached hydrogens (tertiary/aromatic N) is 2. The smallest absolute Gasteiger partial charge is 0.191 e. The van der Waals surface area contributed by atoms with Crippen LogP contribution in [0.1, 0.15) is 30.9 Å². The molecule has 7 heteroatoms. The maximum absolute atomic E-state index is 13.6. The first kappa shape index (κ1) is 23.1. The molecule has 5 nitrogen and oxygen atoms in total. The van der Waals surface area contributed by atoms with Gasteiger partial charge in [-0.2, -0.15) is 0 Å². The van der Waals surface area contributed by atoms with Gasteiger partial charge < -0.3 is 16.0 Å². The lowest BCUT2D eigenvalue weighted by atomic mass is 10.1. The Morgan fingerprint density at radius 2 is 1.93 bits per heavy atom. The number of rotatable bonds is 9. The van der Waals surface area contributed by atoms with Gasteiger partial charge in [0.15, 0.2) is 5.96 Å². The van der Waals surface area contributed by atoms with Gasteiger partial charge in [-0.05, 0) is 56.0 Å². The largest absolute Gasteiger partial charge is 0.370 e. The zero-order valence-corrected chi connectivity index (χ0v) is 18.3. The second-order valence-corrected chi connectivity index (χ2v) is 6.05.